The van der Waals surface area contributed by atoms with Crippen LogP contribution in [0.3, 0.4) is 0 Å². The van der Waals surface area contributed by atoms with Gasteiger partial charge in [0.05, 0.1) is 0 Å². The molecule has 0 atom stereocenters. The average Bonchev–Trinajstić information content (AvgIpc) is 3.28. The highest BCUT2D eigenvalue weighted by atomic mass is 32.1. The molecule has 0 aliphatic carbocycles. The van der Waals surface area contributed by atoms with Crippen LogP contribution >= 0.6 is 11.3 Å². The minimum Gasteiger partial charge on any atom is -0.406 e. The van der Waals surface area contributed by atoms with Crippen molar-refractivity contribution in [1.82, 2.24) is 14.9 Å². The number of hydrogen-bond acceptors (Lipinski definition) is 7. The van der Waals surface area contributed by atoms with Crippen LogP contribution in [0.25, 0.3) is 0 Å². The number of carbonyl (C=O) groups excluding carboxylic acids is 2. The normalized spacial score (nSPS) is 14.0. The Hall–Kier alpha value is -3.87. The van der Waals surface area contributed by atoms with Crippen LogP contribution in [0, 0.1) is 0 Å². The zero-order valence-electron chi connectivity index (χ0n) is 17.6. The van der Waals surface area contributed by atoms with Gasteiger partial charge in [0.2, 0.25) is 0 Å². The van der Waals surface area contributed by atoms with Crippen LogP contribution < -0.4 is 20.3 Å². The molecule has 3 aromatic rings. The summed E-state index contributed by atoms with van der Waals surface area (Å²) in [6.07, 6.45) is -3.07. The van der Waals surface area contributed by atoms with E-state index in [1.165, 1.54) is 12.1 Å². The van der Waals surface area contributed by atoms with Gasteiger partial charge in [-0.2, -0.15) is 0 Å². The Morgan fingerprint density at radius 2 is 1.74 bits per heavy atom. The van der Waals surface area contributed by atoms with E-state index in [9.17, 15) is 22.8 Å². The van der Waals surface area contributed by atoms with Crippen LogP contribution in [0.15, 0.2) is 54.0 Å². The number of aromatic nitrogens is 2. The lowest BCUT2D eigenvalue weighted by Gasteiger charge is -2.35. The molecule has 4 rings (SSSR count). The predicted octanol–water partition coefficient (Wildman–Crippen LogP) is 4.04. The van der Waals surface area contributed by atoms with Crippen molar-refractivity contribution in [2.24, 2.45) is 0 Å². The molecule has 34 heavy (non-hydrogen) atoms. The summed E-state index contributed by atoms with van der Waals surface area (Å²) in [5.74, 6) is 0.233. The maximum atomic E-state index is 12.8. The summed E-state index contributed by atoms with van der Waals surface area (Å²) in [6.45, 7) is 2.33. The summed E-state index contributed by atoms with van der Waals surface area (Å²) >= 11 is 1.09. The summed E-state index contributed by atoms with van der Waals surface area (Å²) in [5.41, 5.74) is 0.478. The zero-order chi connectivity index (χ0) is 24.1. The maximum absolute atomic E-state index is 12.8. The first-order valence-electron chi connectivity index (χ1n) is 10.1. The van der Waals surface area contributed by atoms with Gasteiger partial charge in [-0.05, 0) is 36.4 Å². The molecule has 13 heteroatoms. The smallest absolute Gasteiger partial charge is 0.406 e. The number of carbonyl (C=O) groups is 2. The topological polar surface area (TPSA) is 99.7 Å². The highest BCUT2D eigenvalue weighted by Crippen LogP contribution is 2.24. The summed E-state index contributed by atoms with van der Waals surface area (Å²) in [7, 11) is 0. The molecule has 3 amide bonds. The molecule has 3 heterocycles. The van der Waals surface area contributed by atoms with Gasteiger partial charge in [-0.3, -0.25) is 10.1 Å². The number of nitrogens with one attached hydrogen (secondary N) is 2. The van der Waals surface area contributed by atoms with Gasteiger partial charge < -0.3 is 19.9 Å². The van der Waals surface area contributed by atoms with Crippen LogP contribution in [-0.4, -0.2) is 59.3 Å². The number of nitrogens with zero attached hydrogens (tertiary/aromatic N) is 4. The van der Waals surface area contributed by atoms with Gasteiger partial charge in [-0.15, -0.1) is 24.5 Å². The van der Waals surface area contributed by atoms with Gasteiger partial charge >= 0.3 is 12.4 Å². The highest BCUT2D eigenvalue weighted by molar-refractivity contribution is 7.14. The second-order valence-electron chi connectivity index (χ2n) is 7.16. The molecule has 9 nitrogen and oxygen atoms in total. The third kappa shape index (κ3) is 6.13. The number of alkyl halides is 3. The molecule has 2 N–H and O–H groups in total. The predicted molar refractivity (Wildman–Crippen MR) is 120 cm³/mol. The minimum atomic E-state index is -4.79. The van der Waals surface area contributed by atoms with Crippen molar-refractivity contribution in [3.63, 3.8) is 0 Å². The molecule has 0 spiro atoms. The largest absolute Gasteiger partial charge is 0.573 e. The number of piperazine rings is 1. The molecular formula is C21H19F3N6O3S. The number of thiazole rings is 1. The summed E-state index contributed by atoms with van der Waals surface area (Å²) in [5, 5.41) is 6.76. The maximum Gasteiger partial charge on any atom is 0.573 e. The van der Waals surface area contributed by atoms with Crippen molar-refractivity contribution < 1.29 is 27.5 Å². The van der Waals surface area contributed by atoms with E-state index < -0.39 is 18.1 Å². The van der Waals surface area contributed by atoms with Crippen LogP contribution in [0.1, 0.15) is 10.5 Å². The second-order valence-corrected chi connectivity index (χ2v) is 8.01. The Morgan fingerprint density at radius 3 is 2.38 bits per heavy atom. The number of pyridine rings is 1. The van der Waals surface area contributed by atoms with E-state index in [0.717, 1.165) is 29.3 Å². The Morgan fingerprint density at radius 1 is 1.00 bits per heavy atom. The summed E-state index contributed by atoms with van der Waals surface area (Å²) in [6, 6.07) is 9.73. The number of halogens is 3. The van der Waals surface area contributed by atoms with Crippen LogP contribution in [0.5, 0.6) is 5.75 Å². The molecule has 0 radical (unpaired) electrons. The number of amides is 3. The molecule has 0 bridgehead atoms. The van der Waals surface area contributed by atoms with E-state index in [4.69, 9.17) is 0 Å². The fourth-order valence-corrected chi connectivity index (χ4v) is 3.95. The fraction of sp³-hybridized carbons (Fsp3) is 0.238. The first-order valence-corrected chi connectivity index (χ1v) is 11.0. The number of anilines is 3. The lowest BCUT2D eigenvalue weighted by molar-refractivity contribution is -0.274. The molecule has 1 fully saturated rings. The number of benzene rings is 1. The van der Waals surface area contributed by atoms with Crippen molar-refractivity contribution in [3.05, 3.63) is 59.7 Å². The van der Waals surface area contributed by atoms with Crippen LogP contribution in [0.4, 0.5) is 34.6 Å². The lowest BCUT2D eigenvalue weighted by Crippen LogP contribution is -2.49. The van der Waals surface area contributed by atoms with Crippen molar-refractivity contribution in [2.45, 2.75) is 6.36 Å². The van der Waals surface area contributed by atoms with E-state index in [1.807, 2.05) is 18.2 Å². The third-order valence-electron chi connectivity index (χ3n) is 4.83. The molecule has 2 aromatic heterocycles. The SMILES string of the molecule is O=C(Nc1ccc(OC(F)(F)F)cc1)Nc1nc(C(=O)N2CCN(c3ccccn3)CC2)cs1. The fourth-order valence-electron chi connectivity index (χ4n) is 3.27. The molecule has 1 aromatic carbocycles. The molecular weight excluding hydrogens is 473 g/mol. The van der Waals surface area contributed by atoms with Gasteiger partial charge in [-0.1, -0.05) is 6.07 Å². The Bertz CT molecular complexity index is 1130. The third-order valence-corrected chi connectivity index (χ3v) is 5.59. The molecule has 1 aliphatic rings. The molecule has 1 aliphatic heterocycles. The van der Waals surface area contributed by atoms with Crippen molar-refractivity contribution in [3.8, 4) is 5.75 Å². The van der Waals surface area contributed by atoms with Crippen molar-refractivity contribution in [1.29, 1.82) is 0 Å². The van der Waals surface area contributed by atoms with E-state index in [2.05, 4.69) is 30.2 Å². The van der Waals surface area contributed by atoms with Crippen molar-refractivity contribution >= 4 is 39.9 Å². The van der Waals surface area contributed by atoms with E-state index >= 15 is 0 Å². The van der Waals surface area contributed by atoms with Crippen LogP contribution in [-0.2, 0) is 0 Å². The number of hydrogen-bond donors (Lipinski definition) is 2. The molecule has 1 saturated heterocycles. The lowest BCUT2D eigenvalue weighted by atomic mass is 10.3. The quantitative estimate of drug-likeness (QED) is 0.558. The van der Waals surface area contributed by atoms with E-state index in [-0.39, 0.29) is 22.4 Å². The van der Waals surface area contributed by atoms with Crippen molar-refractivity contribution in [2.75, 3.05) is 41.7 Å². The van der Waals surface area contributed by atoms with Gasteiger partial charge in [0.25, 0.3) is 5.91 Å². The van der Waals surface area contributed by atoms with Gasteiger partial charge in [0.1, 0.15) is 17.3 Å². The van der Waals surface area contributed by atoms with Gasteiger partial charge in [0.15, 0.2) is 5.13 Å². The summed E-state index contributed by atoms with van der Waals surface area (Å²) < 4.78 is 40.4. The Kier molecular flexibility index (Phi) is 6.82. The summed E-state index contributed by atoms with van der Waals surface area (Å²) in [4.78, 5) is 37.3. The monoisotopic (exact) mass is 492 g/mol. The van der Waals surface area contributed by atoms with Gasteiger partial charge in [-0.25, -0.2) is 14.8 Å². The van der Waals surface area contributed by atoms with Gasteiger partial charge in [0, 0.05) is 43.4 Å². The Labute approximate surface area is 196 Å². The number of ether oxygens (including phenoxy) is 1. The molecule has 0 saturated carbocycles. The average molecular weight is 492 g/mol. The Balaban J connectivity index is 1.27. The van der Waals surface area contributed by atoms with E-state index in [1.54, 1.807) is 16.5 Å². The first kappa shape index (κ1) is 23.3. The standard InChI is InChI=1S/C21H19F3N6O3S/c22-21(23,24)33-15-6-4-14(5-7-15)26-19(32)28-20-27-16(13-34-20)18(31)30-11-9-29(10-12-30)17-3-1-2-8-25-17/h1-8,13H,9-12H2,(H2,26,27,28,32). The molecule has 0 unspecified atom stereocenters. The molecule has 178 valence electrons. The van der Waals surface area contributed by atoms with Crippen LogP contribution in [0.2, 0.25) is 0 Å². The number of urea groups is 1. The first-order chi connectivity index (χ1) is 16.3. The van der Waals surface area contributed by atoms with E-state index in [0.29, 0.717) is 26.2 Å². The number of rotatable bonds is 5. The highest BCUT2D eigenvalue weighted by Gasteiger charge is 2.31. The minimum absolute atomic E-state index is 0.213. The second kappa shape index (κ2) is 9.95. The zero-order valence-corrected chi connectivity index (χ0v) is 18.4.